The number of hydrogen-bond acceptors (Lipinski definition) is 4. The van der Waals surface area contributed by atoms with Crippen LogP contribution in [0.25, 0.3) is 0 Å². The van der Waals surface area contributed by atoms with Crippen LogP contribution in [-0.2, 0) is 4.79 Å². The van der Waals surface area contributed by atoms with Gasteiger partial charge in [-0.05, 0) is 47.0 Å². The number of amides is 1. The molecule has 0 aliphatic carbocycles. The maximum Gasteiger partial charge on any atom is 0.223 e. The smallest absolute Gasteiger partial charge is 0.223 e. The summed E-state index contributed by atoms with van der Waals surface area (Å²) in [6.45, 7) is 5.95. The van der Waals surface area contributed by atoms with Crippen molar-refractivity contribution in [1.82, 2.24) is 14.7 Å². The van der Waals surface area contributed by atoms with E-state index in [2.05, 4.69) is 23.9 Å². The fourth-order valence-electron chi connectivity index (χ4n) is 2.48. The van der Waals surface area contributed by atoms with Crippen LogP contribution < -0.4 is 5.73 Å². The molecule has 0 aromatic rings. The zero-order valence-corrected chi connectivity index (χ0v) is 12.9. The Balaban J connectivity index is 2.25. The largest absolute Gasteiger partial charge is 0.344 e. The molecule has 1 aliphatic rings. The zero-order chi connectivity index (χ0) is 14.4. The third kappa shape index (κ3) is 5.89. The van der Waals surface area contributed by atoms with Crippen molar-refractivity contribution in [1.29, 1.82) is 0 Å². The van der Waals surface area contributed by atoms with Crippen molar-refractivity contribution in [3.05, 3.63) is 0 Å². The second kappa shape index (κ2) is 7.82. The van der Waals surface area contributed by atoms with E-state index in [1.165, 1.54) is 25.9 Å². The molecule has 1 saturated heterocycles. The number of rotatable bonds is 6. The van der Waals surface area contributed by atoms with Crippen molar-refractivity contribution in [3.8, 4) is 0 Å². The molecule has 0 aromatic carbocycles. The lowest BCUT2D eigenvalue weighted by atomic mass is 10.0. The third-order valence-electron chi connectivity index (χ3n) is 4.02. The molecule has 1 heterocycles. The van der Waals surface area contributed by atoms with Gasteiger partial charge in [0.2, 0.25) is 5.91 Å². The first-order chi connectivity index (χ1) is 8.90. The molecule has 1 amide bonds. The van der Waals surface area contributed by atoms with Crippen molar-refractivity contribution in [2.24, 2.45) is 5.73 Å². The molecule has 0 saturated carbocycles. The van der Waals surface area contributed by atoms with Crippen molar-refractivity contribution >= 4 is 5.91 Å². The van der Waals surface area contributed by atoms with Gasteiger partial charge in [-0.25, -0.2) is 0 Å². The highest BCUT2D eigenvalue weighted by Gasteiger charge is 2.21. The quantitative estimate of drug-likeness (QED) is 0.749. The van der Waals surface area contributed by atoms with Gasteiger partial charge in [0, 0.05) is 38.6 Å². The normalized spacial score (nSPS) is 19.7. The van der Waals surface area contributed by atoms with Crippen LogP contribution in [-0.4, -0.2) is 80.0 Å². The van der Waals surface area contributed by atoms with Crippen molar-refractivity contribution in [2.75, 3.05) is 47.3 Å². The van der Waals surface area contributed by atoms with Crippen LogP contribution in [0.15, 0.2) is 0 Å². The molecule has 0 aromatic heterocycles. The summed E-state index contributed by atoms with van der Waals surface area (Å²) in [4.78, 5) is 18.4. The molecule has 0 bridgehead atoms. The maximum atomic E-state index is 11.8. The molecular formula is C14H30N4O. The predicted molar refractivity (Wildman–Crippen MR) is 79.1 cm³/mol. The van der Waals surface area contributed by atoms with E-state index in [9.17, 15) is 4.79 Å². The summed E-state index contributed by atoms with van der Waals surface area (Å²) in [5.41, 5.74) is 5.65. The van der Waals surface area contributed by atoms with E-state index in [0.29, 0.717) is 12.5 Å². The summed E-state index contributed by atoms with van der Waals surface area (Å²) in [5, 5.41) is 0. The SMILES string of the molecule is CC(N)CC(=O)N(C)CCN(C)C1CCN(C)CC1. The van der Waals surface area contributed by atoms with Gasteiger partial charge in [-0.2, -0.15) is 0 Å². The van der Waals surface area contributed by atoms with Crippen molar-refractivity contribution < 1.29 is 4.79 Å². The predicted octanol–water partition coefficient (Wildman–Crippen LogP) is 0.208. The molecule has 1 fully saturated rings. The van der Waals surface area contributed by atoms with Crippen molar-refractivity contribution in [3.63, 3.8) is 0 Å². The van der Waals surface area contributed by atoms with Gasteiger partial charge in [0.05, 0.1) is 0 Å². The third-order valence-corrected chi connectivity index (χ3v) is 4.02. The number of hydrogen-bond donors (Lipinski definition) is 1. The highest BCUT2D eigenvalue weighted by atomic mass is 16.2. The Morgan fingerprint density at radius 2 is 1.89 bits per heavy atom. The number of nitrogens with two attached hydrogens (primary N) is 1. The summed E-state index contributed by atoms with van der Waals surface area (Å²) in [7, 11) is 6.21. The van der Waals surface area contributed by atoms with E-state index in [1.807, 2.05) is 14.0 Å². The summed E-state index contributed by atoms with van der Waals surface area (Å²) >= 11 is 0. The van der Waals surface area contributed by atoms with E-state index >= 15 is 0 Å². The fourth-order valence-corrected chi connectivity index (χ4v) is 2.48. The Kier molecular flexibility index (Phi) is 6.75. The zero-order valence-electron chi connectivity index (χ0n) is 12.9. The van der Waals surface area contributed by atoms with Gasteiger partial charge in [0.1, 0.15) is 0 Å². The molecule has 5 nitrogen and oxygen atoms in total. The number of carbonyl (C=O) groups excluding carboxylic acids is 1. The van der Waals surface area contributed by atoms with Crippen LogP contribution in [0, 0.1) is 0 Å². The van der Waals surface area contributed by atoms with E-state index < -0.39 is 0 Å². The van der Waals surface area contributed by atoms with E-state index in [0.717, 1.165) is 13.1 Å². The van der Waals surface area contributed by atoms with Gasteiger partial charge in [0.15, 0.2) is 0 Å². The van der Waals surface area contributed by atoms with Crippen LogP contribution in [0.3, 0.4) is 0 Å². The lowest BCUT2D eigenvalue weighted by Crippen LogP contribution is -2.45. The lowest BCUT2D eigenvalue weighted by molar-refractivity contribution is -0.130. The van der Waals surface area contributed by atoms with E-state index in [-0.39, 0.29) is 11.9 Å². The Hall–Kier alpha value is -0.650. The average Bonchev–Trinajstić information content (AvgIpc) is 2.35. The highest BCUT2D eigenvalue weighted by molar-refractivity contribution is 5.76. The molecule has 112 valence electrons. The van der Waals surface area contributed by atoms with Crippen LogP contribution in [0.5, 0.6) is 0 Å². The van der Waals surface area contributed by atoms with Gasteiger partial charge in [-0.3, -0.25) is 4.79 Å². The van der Waals surface area contributed by atoms with Gasteiger partial charge < -0.3 is 20.4 Å². The minimum Gasteiger partial charge on any atom is -0.344 e. The Labute approximate surface area is 117 Å². The molecular weight excluding hydrogens is 240 g/mol. The average molecular weight is 270 g/mol. The molecule has 1 atom stereocenters. The first-order valence-electron chi connectivity index (χ1n) is 7.28. The molecule has 1 rings (SSSR count). The molecule has 5 heteroatoms. The second-order valence-electron chi connectivity index (χ2n) is 6.01. The lowest BCUT2D eigenvalue weighted by Gasteiger charge is -2.35. The highest BCUT2D eigenvalue weighted by Crippen LogP contribution is 2.13. The number of likely N-dealkylation sites (N-methyl/N-ethyl adjacent to an activating group) is 2. The summed E-state index contributed by atoms with van der Waals surface area (Å²) in [6, 6.07) is 0.606. The number of likely N-dealkylation sites (tertiary alicyclic amines) is 1. The van der Waals surface area contributed by atoms with Gasteiger partial charge in [-0.1, -0.05) is 0 Å². The van der Waals surface area contributed by atoms with Crippen molar-refractivity contribution in [2.45, 2.75) is 38.3 Å². The first-order valence-corrected chi connectivity index (χ1v) is 7.28. The summed E-state index contributed by atoms with van der Waals surface area (Å²) < 4.78 is 0. The summed E-state index contributed by atoms with van der Waals surface area (Å²) in [5.74, 6) is 0.145. The molecule has 19 heavy (non-hydrogen) atoms. The Morgan fingerprint density at radius 1 is 1.32 bits per heavy atom. The van der Waals surface area contributed by atoms with Crippen LogP contribution in [0.4, 0.5) is 0 Å². The van der Waals surface area contributed by atoms with Crippen LogP contribution >= 0.6 is 0 Å². The molecule has 1 unspecified atom stereocenters. The molecule has 0 radical (unpaired) electrons. The first kappa shape index (κ1) is 16.4. The maximum absolute atomic E-state index is 11.8. The number of nitrogens with zero attached hydrogens (tertiary/aromatic N) is 3. The standard InChI is InChI=1S/C14H30N4O/c1-12(15)11-14(19)18(4)10-9-17(3)13-5-7-16(2)8-6-13/h12-13H,5-11,15H2,1-4H3. The van der Waals surface area contributed by atoms with Gasteiger partial charge in [0.25, 0.3) is 0 Å². The fraction of sp³-hybridized carbons (Fsp3) is 0.929. The minimum absolute atomic E-state index is 0.0541. The second-order valence-corrected chi connectivity index (χ2v) is 6.01. The number of carbonyl (C=O) groups is 1. The molecule has 1 aliphatic heterocycles. The monoisotopic (exact) mass is 270 g/mol. The number of piperidine rings is 1. The van der Waals surface area contributed by atoms with Gasteiger partial charge >= 0.3 is 0 Å². The minimum atomic E-state index is -0.0541. The van der Waals surface area contributed by atoms with Crippen LogP contribution in [0.2, 0.25) is 0 Å². The summed E-state index contributed by atoms with van der Waals surface area (Å²) in [6.07, 6.45) is 2.89. The Morgan fingerprint density at radius 3 is 2.42 bits per heavy atom. The molecule has 0 spiro atoms. The van der Waals surface area contributed by atoms with Gasteiger partial charge in [-0.15, -0.1) is 0 Å². The van der Waals surface area contributed by atoms with E-state index in [1.54, 1.807) is 4.90 Å². The topological polar surface area (TPSA) is 52.8 Å². The van der Waals surface area contributed by atoms with E-state index in [4.69, 9.17) is 5.73 Å². The molecule has 2 N–H and O–H groups in total. The Bertz CT molecular complexity index is 275. The van der Waals surface area contributed by atoms with Crippen LogP contribution in [0.1, 0.15) is 26.2 Å².